The number of anilines is 1. The SMILES string of the molecule is CSc1ccccc1-c1nn(-c2ccc(Cl)c(Cl)c2)c2c1CCCCN2. The van der Waals surface area contributed by atoms with Crippen LogP contribution in [-0.2, 0) is 6.42 Å². The third-order valence-corrected chi connectivity index (χ3v) is 6.17. The van der Waals surface area contributed by atoms with E-state index in [1.165, 1.54) is 16.0 Å². The van der Waals surface area contributed by atoms with E-state index in [4.69, 9.17) is 28.3 Å². The van der Waals surface area contributed by atoms with Gasteiger partial charge in [-0.3, -0.25) is 0 Å². The zero-order valence-electron chi connectivity index (χ0n) is 14.4. The second kappa shape index (κ2) is 7.55. The van der Waals surface area contributed by atoms with E-state index in [0.29, 0.717) is 10.0 Å². The van der Waals surface area contributed by atoms with Crippen LogP contribution in [0.4, 0.5) is 5.82 Å². The molecule has 0 fully saturated rings. The first-order valence-electron chi connectivity index (χ1n) is 8.63. The largest absolute Gasteiger partial charge is 0.370 e. The van der Waals surface area contributed by atoms with Crippen molar-refractivity contribution in [1.29, 1.82) is 0 Å². The van der Waals surface area contributed by atoms with Gasteiger partial charge in [-0.25, -0.2) is 4.68 Å². The summed E-state index contributed by atoms with van der Waals surface area (Å²) in [5.41, 5.74) is 4.41. The van der Waals surface area contributed by atoms with Crippen LogP contribution in [0.2, 0.25) is 10.0 Å². The second-order valence-corrected chi connectivity index (χ2v) is 7.93. The number of benzene rings is 2. The molecule has 0 saturated heterocycles. The Bertz CT molecular complexity index is 952. The Balaban J connectivity index is 1.93. The number of fused-ring (bicyclic) bond motifs is 1. The summed E-state index contributed by atoms with van der Waals surface area (Å²) in [5, 5.41) is 9.65. The van der Waals surface area contributed by atoms with Crippen LogP contribution in [0, 0.1) is 0 Å². The number of hydrogen-bond acceptors (Lipinski definition) is 3. The van der Waals surface area contributed by atoms with Gasteiger partial charge in [0.2, 0.25) is 0 Å². The first-order valence-corrected chi connectivity index (χ1v) is 10.6. The molecule has 26 heavy (non-hydrogen) atoms. The normalized spacial score (nSPS) is 13.8. The van der Waals surface area contributed by atoms with Gasteiger partial charge in [0.05, 0.1) is 21.4 Å². The van der Waals surface area contributed by atoms with Crippen molar-refractivity contribution in [1.82, 2.24) is 9.78 Å². The van der Waals surface area contributed by atoms with Gasteiger partial charge in [0.15, 0.2) is 0 Å². The smallest absolute Gasteiger partial charge is 0.133 e. The summed E-state index contributed by atoms with van der Waals surface area (Å²) in [6, 6.07) is 14.1. The zero-order valence-corrected chi connectivity index (χ0v) is 16.8. The average molecular weight is 404 g/mol. The van der Waals surface area contributed by atoms with E-state index < -0.39 is 0 Å². The lowest BCUT2D eigenvalue weighted by atomic mass is 10.0. The molecular formula is C20H19Cl2N3S. The number of nitrogens with zero attached hydrogens (tertiary/aromatic N) is 2. The fraction of sp³-hybridized carbons (Fsp3) is 0.250. The summed E-state index contributed by atoms with van der Waals surface area (Å²) in [7, 11) is 0. The molecule has 4 rings (SSSR count). The monoisotopic (exact) mass is 403 g/mol. The molecule has 1 N–H and O–H groups in total. The molecule has 1 aliphatic rings. The predicted octanol–water partition coefficient (Wildman–Crippen LogP) is 6.32. The molecule has 0 bridgehead atoms. The molecule has 2 aromatic carbocycles. The van der Waals surface area contributed by atoms with Crippen LogP contribution in [0.1, 0.15) is 18.4 Å². The minimum absolute atomic E-state index is 0.535. The van der Waals surface area contributed by atoms with Crippen molar-refractivity contribution in [3.8, 4) is 16.9 Å². The molecule has 0 amide bonds. The molecule has 3 nitrogen and oxygen atoms in total. The number of halogens is 2. The van der Waals surface area contributed by atoms with Crippen molar-refractivity contribution in [3.05, 3.63) is 58.1 Å². The van der Waals surface area contributed by atoms with Crippen LogP contribution in [0.5, 0.6) is 0 Å². The van der Waals surface area contributed by atoms with Gasteiger partial charge in [0.25, 0.3) is 0 Å². The highest BCUT2D eigenvalue weighted by atomic mass is 35.5. The van der Waals surface area contributed by atoms with Crippen molar-refractivity contribution in [2.45, 2.75) is 24.2 Å². The van der Waals surface area contributed by atoms with Crippen LogP contribution < -0.4 is 5.32 Å². The maximum atomic E-state index is 6.25. The summed E-state index contributed by atoms with van der Waals surface area (Å²) in [5.74, 6) is 1.06. The Kier molecular flexibility index (Phi) is 5.16. The maximum absolute atomic E-state index is 6.25. The van der Waals surface area contributed by atoms with Crippen LogP contribution in [0.25, 0.3) is 16.9 Å². The van der Waals surface area contributed by atoms with Crippen LogP contribution in [0.3, 0.4) is 0 Å². The van der Waals surface area contributed by atoms with Crippen molar-refractivity contribution in [3.63, 3.8) is 0 Å². The minimum Gasteiger partial charge on any atom is -0.370 e. The summed E-state index contributed by atoms with van der Waals surface area (Å²) in [6.07, 6.45) is 5.43. The third-order valence-electron chi connectivity index (χ3n) is 4.64. The van der Waals surface area contributed by atoms with Gasteiger partial charge >= 0.3 is 0 Å². The summed E-state index contributed by atoms with van der Waals surface area (Å²) in [6.45, 7) is 0.948. The Morgan fingerprint density at radius 2 is 1.92 bits per heavy atom. The van der Waals surface area contributed by atoms with E-state index in [1.807, 2.05) is 22.9 Å². The van der Waals surface area contributed by atoms with Crippen molar-refractivity contribution >= 4 is 40.8 Å². The molecule has 0 unspecified atom stereocenters. The standard InChI is InChI=1S/C20H19Cl2N3S/c1-26-18-8-3-2-6-14(18)19-15-7-4-5-11-23-20(15)25(24-19)13-9-10-16(21)17(22)12-13/h2-3,6,8-10,12,23H,4-5,7,11H2,1H3. The van der Waals surface area contributed by atoms with E-state index in [-0.39, 0.29) is 0 Å². The molecule has 3 aromatic rings. The second-order valence-electron chi connectivity index (χ2n) is 6.27. The zero-order chi connectivity index (χ0) is 18.1. The molecule has 0 saturated carbocycles. The molecular weight excluding hydrogens is 385 g/mol. The van der Waals surface area contributed by atoms with E-state index in [9.17, 15) is 0 Å². The van der Waals surface area contributed by atoms with Gasteiger partial charge < -0.3 is 5.32 Å². The van der Waals surface area contributed by atoms with E-state index >= 15 is 0 Å². The Labute approximate surface area is 167 Å². The Hall–Kier alpha value is -1.62. The van der Waals surface area contributed by atoms with Gasteiger partial charge in [-0.15, -0.1) is 11.8 Å². The number of hydrogen-bond donors (Lipinski definition) is 1. The Morgan fingerprint density at radius 1 is 1.08 bits per heavy atom. The van der Waals surface area contributed by atoms with Crippen LogP contribution >= 0.6 is 35.0 Å². The van der Waals surface area contributed by atoms with Gasteiger partial charge in [0, 0.05) is 22.6 Å². The molecule has 134 valence electrons. The lowest BCUT2D eigenvalue weighted by Gasteiger charge is -2.10. The predicted molar refractivity (Wildman–Crippen MR) is 112 cm³/mol. The fourth-order valence-corrected chi connectivity index (χ4v) is 4.25. The first-order chi connectivity index (χ1) is 12.7. The van der Waals surface area contributed by atoms with Crippen LogP contribution in [0.15, 0.2) is 47.4 Å². The van der Waals surface area contributed by atoms with Crippen molar-refractivity contribution in [2.75, 3.05) is 18.1 Å². The van der Waals surface area contributed by atoms with Gasteiger partial charge in [-0.2, -0.15) is 5.10 Å². The summed E-state index contributed by atoms with van der Waals surface area (Å²) < 4.78 is 1.97. The quantitative estimate of drug-likeness (QED) is 0.519. The van der Waals surface area contributed by atoms with Crippen molar-refractivity contribution < 1.29 is 0 Å². The van der Waals surface area contributed by atoms with E-state index in [1.54, 1.807) is 11.8 Å². The average Bonchev–Trinajstić information content (AvgIpc) is 2.85. The first kappa shape index (κ1) is 17.8. The topological polar surface area (TPSA) is 29.9 Å². The Morgan fingerprint density at radius 3 is 2.73 bits per heavy atom. The lowest BCUT2D eigenvalue weighted by Crippen LogP contribution is -2.07. The van der Waals surface area contributed by atoms with E-state index in [2.05, 4.69) is 35.8 Å². The number of thioether (sulfide) groups is 1. The highest BCUT2D eigenvalue weighted by molar-refractivity contribution is 7.98. The van der Waals surface area contributed by atoms with Crippen molar-refractivity contribution in [2.24, 2.45) is 0 Å². The van der Waals surface area contributed by atoms with Gasteiger partial charge in [-0.1, -0.05) is 41.4 Å². The molecule has 0 radical (unpaired) electrons. The summed E-state index contributed by atoms with van der Waals surface area (Å²) in [4.78, 5) is 1.23. The van der Waals surface area contributed by atoms with E-state index in [0.717, 1.165) is 43.0 Å². The lowest BCUT2D eigenvalue weighted by molar-refractivity contribution is 0.779. The molecule has 1 aliphatic heterocycles. The third kappa shape index (κ3) is 3.22. The molecule has 1 aromatic heterocycles. The van der Waals surface area contributed by atoms with Gasteiger partial charge in [-0.05, 0) is 49.8 Å². The number of rotatable bonds is 3. The number of aromatic nitrogens is 2. The highest BCUT2D eigenvalue weighted by Crippen LogP contribution is 2.38. The molecule has 2 heterocycles. The van der Waals surface area contributed by atoms with Crippen LogP contribution in [-0.4, -0.2) is 22.6 Å². The molecule has 0 atom stereocenters. The fourth-order valence-electron chi connectivity index (χ4n) is 3.36. The molecule has 0 aliphatic carbocycles. The maximum Gasteiger partial charge on any atom is 0.133 e. The minimum atomic E-state index is 0.535. The van der Waals surface area contributed by atoms with Gasteiger partial charge in [0.1, 0.15) is 5.82 Å². The highest BCUT2D eigenvalue weighted by Gasteiger charge is 2.23. The molecule has 0 spiro atoms. The molecule has 6 heteroatoms. The number of nitrogens with one attached hydrogen (secondary N) is 1. The summed E-state index contributed by atoms with van der Waals surface area (Å²) >= 11 is 14.1.